The fourth-order valence-electron chi connectivity index (χ4n) is 2.13. The average Bonchev–Trinajstić information content (AvgIpc) is 3.05. The number of halogens is 1. The molecule has 4 nitrogen and oxygen atoms in total. The fourth-order valence-corrected chi connectivity index (χ4v) is 3.11. The third kappa shape index (κ3) is 3.05. The molecule has 0 spiro atoms. The van der Waals surface area contributed by atoms with Gasteiger partial charge in [-0.05, 0) is 49.1 Å². The van der Waals surface area contributed by atoms with Gasteiger partial charge in [0.25, 0.3) is 5.91 Å². The first kappa shape index (κ1) is 14.8. The third-order valence-corrected chi connectivity index (χ3v) is 4.42. The fraction of sp³-hybridized carbons (Fsp3) is 0.125. The minimum atomic E-state index is -0.145. The van der Waals surface area contributed by atoms with E-state index in [0.29, 0.717) is 15.7 Å². The van der Waals surface area contributed by atoms with Gasteiger partial charge in [-0.3, -0.25) is 4.79 Å². The lowest BCUT2D eigenvalue weighted by Crippen LogP contribution is -2.11. The first-order chi connectivity index (χ1) is 10.5. The summed E-state index contributed by atoms with van der Waals surface area (Å²) in [6.07, 6.45) is 0. The molecular weight excluding hydrogens is 318 g/mol. The summed E-state index contributed by atoms with van der Waals surface area (Å²) in [4.78, 5) is 12.8. The summed E-state index contributed by atoms with van der Waals surface area (Å²) in [6, 6.07) is 11.1. The van der Waals surface area contributed by atoms with Crippen LogP contribution in [-0.2, 0) is 0 Å². The second-order valence-electron chi connectivity index (χ2n) is 5.01. The molecule has 1 amide bonds. The molecule has 0 atom stereocenters. The lowest BCUT2D eigenvalue weighted by molar-refractivity contribution is 0.103. The van der Waals surface area contributed by atoms with Gasteiger partial charge in [-0.25, -0.2) is 4.68 Å². The molecule has 3 rings (SSSR count). The van der Waals surface area contributed by atoms with Gasteiger partial charge in [0.2, 0.25) is 0 Å². The predicted octanol–water partition coefficient (Wildman–Crippen LogP) is 4.46. The summed E-state index contributed by atoms with van der Waals surface area (Å²) in [5.74, 6) is 0.377. The molecule has 1 N–H and O–H groups in total. The molecule has 2 aromatic heterocycles. The molecule has 2 heterocycles. The highest BCUT2D eigenvalue weighted by molar-refractivity contribution is 7.12. The number of nitrogens with one attached hydrogen (secondary N) is 1. The Balaban J connectivity index is 1.85. The van der Waals surface area contributed by atoms with Gasteiger partial charge in [-0.15, -0.1) is 16.4 Å². The normalized spacial score (nSPS) is 10.7. The summed E-state index contributed by atoms with van der Waals surface area (Å²) in [5, 5.41) is 9.84. The number of benzene rings is 1. The van der Waals surface area contributed by atoms with E-state index in [1.165, 1.54) is 11.3 Å². The summed E-state index contributed by atoms with van der Waals surface area (Å²) in [7, 11) is 0. The highest BCUT2D eigenvalue weighted by Gasteiger charge is 2.12. The van der Waals surface area contributed by atoms with Crippen molar-refractivity contribution < 1.29 is 4.79 Å². The van der Waals surface area contributed by atoms with Gasteiger partial charge in [0.15, 0.2) is 5.82 Å². The molecule has 0 aliphatic heterocycles. The SMILES string of the molecule is Cc1csc(C(=O)Nc2cc(C)n(-c3cccc(Cl)c3)n2)c1. The Morgan fingerprint density at radius 1 is 1.27 bits per heavy atom. The van der Waals surface area contributed by atoms with Gasteiger partial charge in [-0.2, -0.15) is 0 Å². The number of hydrogen-bond donors (Lipinski definition) is 1. The van der Waals surface area contributed by atoms with Crippen molar-refractivity contribution in [2.45, 2.75) is 13.8 Å². The van der Waals surface area contributed by atoms with Gasteiger partial charge in [-0.1, -0.05) is 17.7 Å². The summed E-state index contributed by atoms with van der Waals surface area (Å²) in [5.41, 5.74) is 2.85. The monoisotopic (exact) mass is 331 g/mol. The van der Waals surface area contributed by atoms with Gasteiger partial charge in [0.1, 0.15) is 0 Å². The Hall–Kier alpha value is -2.11. The maximum absolute atomic E-state index is 12.2. The smallest absolute Gasteiger partial charge is 0.266 e. The van der Waals surface area contributed by atoms with E-state index in [9.17, 15) is 4.79 Å². The van der Waals surface area contributed by atoms with E-state index >= 15 is 0 Å². The standard InChI is InChI=1S/C16H14ClN3OS/c1-10-6-14(22-9-10)16(21)18-15-7-11(2)20(19-15)13-5-3-4-12(17)8-13/h3-9H,1-2H3,(H,18,19,21). The van der Waals surface area contributed by atoms with Gasteiger partial charge >= 0.3 is 0 Å². The van der Waals surface area contributed by atoms with E-state index in [0.717, 1.165) is 16.9 Å². The van der Waals surface area contributed by atoms with Crippen LogP contribution in [0, 0.1) is 13.8 Å². The van der Waals surface area contributed by atoms with Crippen LogP contribution in [0.25, 0.3) is 5.69 Å². The number of carbonyl (C=O) groups is 1. The van der Waals surface area contributed by atoms with Crippen molar-refractivity contribution in [3.8, 4) is 5.69 Å². The van der Waals surface area contributed by atoms with E-state index in [4.69, 9.17) is 11.6 Å². The second kappa shape index (κ2) is 5.94. The number of hydrogen-bond acceptors (Lipinski definition) is 3. The Labute approximate surface area is 137 Å². The maximum Gasteiger partial charge on any atom is 0.266 e. The van der Waals surface area contributed by atoms with Crippen LogP contribution in [0.3, 0.4) is 0 Å². The van der Waals surface area contributed by atoms with Crippen LogP contribution in [-0.4, -0.2) is 15.7 Å². The zero-order valence-electron chi connectivity index (χ0n) is 12.1. The van der Waals surface area contributed by atoms with Crippen molar-refractivity contribution in [2.75, 3.05) is 5.32 Å². The molecule has 0 bridgehead atoms. The van der Waals surface area contributed by atoms with Crippen LogP contribution in [0.2, 0.25) is 5.02 Å². The van der Waals surface area contributed by atoms with Gasteiger partial charge < -0.3 is 5.32 Å². The molecule has 0 saturated heterocycles. The number of rotatable bonds is 3. The van der Waals surface area contributed by atoms with Crippen LogP contribution in [0.15, 0.2) is 41.8 Å². The molecule has 1 aromatic carbocycles. The van der Waals surface area contributed by atoms with Crippen molar-refractivity contribution in [3.05, 3.63) is 62.9 Å². The Morgan fingerprint density at radius 2 is 2.09 bits per heavy atom. The van der Waals surface area contributed by atoms with E-state index in [-0.39, 0.29) is 5.91 Å². The maximum atomic E-state index is 12.2. The quantitative estimate of drug-likeness (QED) is 0.770. The van der Waals surface area contributed by atoms with E-state index < -0.39 is 0 Å². The van der Waals surface area contributed by atoms with Crippen molar-refractivity contribution in [1.82, 2.24) is 9.78 Å². The second-order valence-corrected chi connectivity index (χ2v) is 6.35. The van der Waals surface area contributed by atoms with Crippen molar-refractivity contribution in [3.63, 3.8) is 0 Å². The number of thiophene rings is 1. The predicted molar refractivity (Wildman–Crippen MR) is 90.3 cm³/mol. The number of nitrogens with zero attached hydrogens (tertiary/aromatic N) is 2. The van der Waals surface area contributed by atoms with Gasteiger partial charge in [0.05, 0.1) is 10.6 Å². The molecule has 0 aliphatic carbocycles. The average molecular weight is 332 g/mol. The molecule has 3 aromatic rings. The number of aryl methyl sites for hydroxylation is 2. The third-order valence-electron chi connectivity index (χ3n) is 3.14. The van der Waals surface area contributed by atoms with Crippen LogP contribution >= 0.6 is 22.9 Å². The minimum absolute atomic E-state index is 0.145. The summed E-state index contributed by atoms with van der Waals surface area (Å²) >= 11 is 7.43. The summed E-state index contributed by atoms with van der Waals surface area (Å²) < 4.78 is 1.75. The summed E-state index contributed by atoms with van der Waals surface area (Å²) in [6.45, 7) is 3.89. The molecule has 22 heavy (non-hydrogen) atoms. The zero-order valence-corrected chi connectivity index (χ0v) is 13.7. The lowest BCUT2D eigenvalue weighted by Gasteiger charge is -2.04. The molecule has 0 aliphatic rings. The first-order valence-corrected chi connectivity index (χ1v) is 7.98. The zero-order chi connectivity index (χ0) is 15.7. The number of aromatic nitrogens is 2. The van der Waals surface area contributed by atoms with Crippen molar-refractivity contribution in [2.24, 2.45) is 0 Å². The largest absolute Gasteiger partial charge is 0.304 e. The van der Waals surface area contributed by atoms with Crippen LogP contribution < -0.4 is 5.32 Å². The van der Waals surface area contributed by atoms with Crippen molar-refractivity contribution in [1.29, 1.82) is 0 Å². The molecule has 6 heteroatoms. The molecule has 0 saturated carbocycles. The van der Waals surface area contributed by atoms with Gasteiger partial charge in [0, 0.05) is 16.8 Å². The van der Waals surface area contributed by atoms with E-state index in [1.54, 1.807) is 4.68 Å². The first-order valence-electron chi connectivity index (χ1n) is 6.72. The molecule has 112 valence electrons. The number of carbonyl (C=O) groups excluding carboxylic acids is 1. The number of anilines is 1. The number of amides is 1. The lowest BCUT2D eigenvalue weighted by atomic mass is 10.3. The molecule has 0 unspecified atom stereocenters. The van der Waals surface area contributed by atoms with Crippen LogP contribution in [0.1, 0.15) is 20.9 Å². The highest BCUT2D eigenvalue weighted by atomic mass is 35.5. The Kier molecular flexibility index (Phi) is 4.00. The Morgan fingerprint density at radius 3 is 2.77 bits per heavy atom. The van der Waals surface area contributed by atoms with E-state index in [1.807, 2.05) is 55.6 Å². The molecular formula is C16H14ClN3OS. The highest BCUT2D eigenvalue weighted by Crippen LogP contribution is 2.20. The van der Waals surface area contributed by atoms with Crippen molar-refractivity contribution >= 4 is 34.7 Å². The van der Waals surface area contributed by atoms with Crippen LogP contribution in [0.5, 0.6) is 0 Å². The molecule has 0 radical (unpaired) electrons. The van der Waals surface area contributed by atoms with Crippen LogP contribution in [0.4, 0.5) is 5.82 Å². The Bertz CT molecular complexity index is 838. The topological polar surface area (TPSA) is 46.9 Å². The van der Waals surface area contributed by atoms with E-state index in [2.05, 4.69) is 10.4 Å². The minimum Gasteiger partial charge on any atom is -0.304 e. The molecule has 0 fully saturated rings.